The molecule has 1 rings (SSSR count). The number of ketones is 1. The first-order chi connectivity index (χ1) is 9.76. The maximum absolute atomic E-state index is 11.4. The van der Waals surface area contributed by atoms with Crippen LogP contribution in [0.5, 0.6) is 0 Å². The third-order valence-electron chi connectivity index (χ3n) is 3.32. The Morgan fingerprint density at radius 3 is 2.48 bits per heavy atom. The number of aromatic carboxylic acids is 1. The van der Waals surface area contributed by atoms with Gasteiger partial charge in [0.25, 0.3) is 0 Å². The monoisotopic (exact) mass is 312 g/mol. The van der Waals surface area contributed by atoms with Crippen LogP contribution in [0.15, 0.2) is 0 Å². The van der Waals surface area contributed by atoms with E-state index in [4.69, 9.17) is 5.11 Å². The summed E-state index contributed by atoms with van der Waals surface area (Å²) in [6.45, 7) is 8.59. The van der Waals surface area contributed by atoms with Crippen molar-refractivity contribution in [3.63, 3.8) is 0 Å². The lowest BCUT2D eigenvalue weighted by molar-refractivity contribution is 0.0687. The van der Waals surface area contributed by atoms with E-state index in [2.05, 4.69) is 31.1 Å². The lowest BCUT2D eigenvalue weighted by Crippen LogP contribution is -2.23. The molecule has 0 amide bonds. The quantitative estimate of drug-likeness (QED) is 0.531. The zero-order chi connectivity index (χ0) is 16.0. The molecular formula is C15H24N2O3S. The molecule has 1 heterocycles. The van der Waals surface area contributed by atoms with Gasteiger partial charge in [-0.25, -0.2) is 9.78 Å². The lowest BCUT2D eigenvalue weighted by atomic mass is 9.87. The van der Waals surface area contributed by atoms with Crippen LogP contribution in [-0.2, 0) is 0 Å². The Morgan fingerprint density at radius 1 is 1.33 bits per heavy atom. The van der Waals surface area contributed by atoms with Gasteiger partial charge in [0, 0.05) is 13.5 Å². The van der Waals surface area contributed by atoms with E-state index in [1.165, 1.54) is 26.2 Å². The van der Waals surface area contributed by atoms with E-state index in [-0.39, 0.29) is 21.8 Å². The van der Waals surface area contributed by atoms with Crippen LogP contribution in [0.1, 0.15) is 73.5 Å². The Bertz CT molecular complexity index is 478. The summed E-state index contributed by atoms with van der Waals surface area (Å²) < 4.78 is 0. The zero-order valence-corrected chi connectivity index (χ0v) is 14.0. The van der Waals surface area contributed by atoms with Crippen LogP contribution in [0.2, 0.25) is 0 Å². The number of carbonyl (C=O) groups is 2. The van der Waals surface area contributed by atoms with Crippen molar-refractivity contribution < 1.29 is 14.7 Å². The van der Waals surface area contributed by atoms with Crippen LogP contribution in [0.3, 0.4) is 0 Å². The number of nitrogens with one attached hydrogen (secondary N) is 1. The van der Waals surface area contributed by atoms with Crippen molar-refractivity contribution >= 4 is 28.2 Å². The second-order valence-corrected chi connectivity index (χ2v) is 7.03. The molecule has 0 saturated carbocycles. The minimum absolute atomic E-state index is 0.112. The fraction of sp³-hybridized carbons (Fsp3) is 0.667. The molecule has 21 heavy (non-hydrogen) atoms. The van der Waals surface area contributed by atoms with Crippen LogP contribution >= 0.6 is 11.3 Å². The van der Waals surface area contributed by atoms with E-state index in [1.807, 2.05) is 0 Å². The average Bonchev–Trinajstić information content (AvgIpc) is 2.81. The standard InChI is InChI=1S/C15H24N2O3S/c1-5-6-7-8-15(3,4)9-16-14-17-11(13(19)20)12(21-14)10(2)18/h5-9H2,1-4H3,(H,16,17)(H,19,20). The van der Waals surface area contributed by atoms with E-state index in [1.54, 1.807) is 0 Å². The second-order valence-electron chi connectivity index (χ2n) is 6.03. The maximum atomic E-state index is 11.4. The van der Waals surface area contributed by atoms with Gasteiger partial charge in [0.1, 0.15) is 4.88 Å². The predicted molar refractivity (Wildman–Crippen MR) is 85.5 cm³/mol. The van der Waals surface area contributed by atoms with Crippen molar-refractivity contribution in [2.75, 3.05) is 11.9 Å². The molecule has 2 N–H and O–H groups in total. The van der Waals surface area contributed by atoms with E-state index >= 15 is 0 Å². The molecule has 0 bridgehead atoms. The normalized spacial score (nSPS) is 11.4. The fourth-order valence-corrected chi connectivity index (χ4v) is 2.88. The van der Waals surface area contributed by atoms with Gasteiger partial charge >= 0.3 is 5.97 Å². The molecule has 0 spiro atoms. The van der Waals surface area contributed by atoms with Gasteiger partial charge < -0.3 is 10.4 Å². The van der Waals surface area contributed by atoms with Gasteiger partial charge in [0.05, 0.1) is 0 Å². The Kier molecular flexibility index (Phi) is 6.33. The Labute approximate surface area is 129 Å². The van der Waals surface area contributed by atoms with Crippen molar-refractivity contribution in [2.24, 2.45) is 5.41 Å². The van der Waals surface area contributed by atoms with E-state index < -0.39 is 5.97 Å². The highest BCUT2D eigenvalue weighted by Crippen LogP contribution is 2.28. The first-order valence-electron chi connectivity index (χ1n) is 7.26. The number of unbranched alkanes of at least 4 members (excludes halogenated alkanes) is 2. The number of carboxylic acids is 1. The molecule has 0 aliphatic rings. The Morgan fingerprint density at radius 2 is 2.00 bits per heavy atom. The minimum atomic E-state index is -1.16. The third kappa shape index (κ3) is 5.46. The van der Waals surface area contributed by atoms with Gasteiger partial charge in [-0.15, -0.1) is 0 Å². The number of thiazole rings is 1. The van der Waals surface area contributed by atoms with Gasteiger partial charge in [-0.3, -0.25) is 4.79 Å². The number of carbonyl (C=O) groups excluding carboxylic acids is 1. The summed E-state index contributed by atoms with van der Waals surface area (Å²) in [5.74, 6) is -1.42. The Hall–Kier alpha value is -1.43. The van der Waals surface area contributed by atoms with Gasteiger partial charge in [-0.05, 0) is 11.8 Å². The smallest absolute Gasteiger partial charge is 0.356 e. The summed E-state index contributed by atoms with van der Waals surface area (Å²) in [4.78, 5) is 26.7. The maximum Gasteiger partial charge on any atom is 0.356 e. The van der Waals surface area contributed by atoms with Gasteiger partial charge in [-0.1, -0.05) is 51.4 Å². The van der Waals surface area contributed by atoms with Crippen LogP contribution < -0.4 is 5.32 Å². The van der Waals surface area contributed by atoms with Crippen molar-refractivity contribution in [1.29, 1.82) is 0 Å². The molecule has 0 unspecified atom stereocenters. The highest BCUT2D eigenvalue weighted by atomic mass is 32.1. The number of rotatable bonds is 9. The molecule has 0 atom stereocenters. The first-order valence-corrected chi connectivity index (χ1v) is 8.07. The van der Waals surface area contributed by atoms with Gasteiger partial charge in [-0.2, -0.15) is 0 Å². The molecule has 5 nitrogen and oxygen atoms in total. The number of hydrogen-bond acceptors (Lipinski definition) is 5. The molecule has 6 heteroatoms. The number of carboxylic acid groups (broad SMARTS) is 1. The summed E-state index contributed by atoms with van der Waals surface area (Å²) in [7, 11) is 0. The number of nitrogens with zero attached hydrogens (tertiary/aromatic N) is 1. The molecular weight excluding hydrogens is 288 g/mol. The van der Waals surface area contributed by atoms with Crippen LogP contribution in [0, 0.1) is 5.41 Å². The molecule has 1 aromatic rings. The zero-order valence-electron chi connectivity index (χ0n) is 13.2. The van der Waals surface area contributed by atoms with E-state index in [0.717, 1.165) is 17.8 Å². The number of aromatic nitrogens is 1. The molecule has 0 aliphatic carbocycles. The summed E-state index contributed by atoms with van der Waals surface area (Å²) in [5.41, 5.74) is -0.0422. The van der Waals surface area contributed by atoms with E-state index in [0.29, 0.717) is 11.7 Å². The molecule has 0 aromatic carbocycles. The van der Waals surface area contributed by atoms with Crippen LogP contribution in [0.4, 0.5) is 5.13 Å². The first kappa shape index (κ1) is 17.6. The summed E-state index contributed by atoms with van der Waals surface area (Å²) >= 11 is 1.11. The molecule has 0 radical (unpaired) electrons. The molecule has 118 valence electrons. The summed E-state index contributed by atoms with van der Waals surface area (Å²) in [5, 5.41) is 12.7. The number of Topliss-reactive ketones (excluding diaryl/α,β-unsaturated/α-hetero) is 1. The van der Waals surface area contributed by atoms with Crippen molar-refractivity contribution in [3.8, 4) is 0 Å². The summed E-state index contributed by atoms with van der Waals surface area (Å²) in [6, 6.07) is 0. The van der Waals surface area contributed by atoms with E-state index in [9.17, 15) is 9.59 Å². The van der Waals surface area contributed by atoms with Gasteiger partial charge in [0.15, 0.2) is 16.6 Å². The highest BCUT2D eigenvalue weighted by Gasteiger charge is 2.22. The number of hydrogen-bond donors (Lipinski definition) is 2. The molecule has 0 aliphatic heterocycles. The predicted octanol–water partition coefficient (Wildman–Crippen LogP) is 4.06. The lowest BCUT2D eigenvalue weighted by Gasteiger charge is -2.24. The third-order valence-corrected chi connectivity index (χ3v) is 4.44. The fourth-order valence-electron chi connectivity index (χ4n) is 2.04. The topological polar surface area (TPSA) is 79.3 Å². The molecule has 1 aromatic heterocycles. The van der Waals surface area contributed by atoms with Crippen molar-refractivity contribution in [1.82, 2.24) is 4.98 Å². The largest absolute Gasteiger partial charge is 0.476 e. The van der Waals surface area contributed by atoms with Crippen LogP contribution in [-0.4, -0.2) is 28.4 Å². The SMILES string of the molecule is CCCCCC(C)(C)CNc1nc(C(=O)O)c(C(C)=O)s1. The average molecular weight is 312 g/mol. The Balaban J connectivity index is 2.69. The van der Waals surface area contributed by atoms with Crippen LogP contribution in [0.25, 0.3) is 0 Å². The molecule has 0 fully saturated rings. The van der Waals surface area contributed by atoms with Crippen molar-refractivity contribution in [3.05, 3.63) is 10.6 Å². The second kappa shape index (κ2) is 7.54. The summed E-state index contributed by atoms with van der Waals surface area (Å²) in [6.07, 6.45) is 4.70. The van der Waals surface area contributed by atoms with Gasteiger partial charge in [0.2, 0.25) is 0 Å². The molecule has 0 saturated heterocycles. The minimum Gasteiger partial charge on any atom is -0.476 e. The van der Waals surface area contributed by atoms with Crippen molar-refractivity contribution in [2.45, 2.75) is 53.4 Å². The number of anilines is 1. The highest BCUT2D eigenvalue weighted by molar-refractivity contribution is 7.17.